The second-order valence-electron chi connectivity index (χ2n) is 6.28. The minimum Gasteiger partial charge on any atom is -0.370 e. The molecule has 130 valence electrons. The number of likely N-dealkylation sites (tertiary alicyclic amines) is 1. The van der Waals surface area contributed by atoms with Crippen LogP contribution in [0.5, 0.6) is 0 Å². The SMILES string of the molecule is CC1CCCC(C)N1CC(=O)NCC(=O)ON1C(=O)CCC1O. The third-order valence-corrected chi connectivity index (χ3v) is 4.47. The van der Waals surface area contributed by atoms with Crippen LogP contribution >= 0.6 is 0 Å². The molecule has 0 aromatic carbocycles. The topological polar surface area (TPSA) is 99.2 Å². The van der Waals surface area contributed by atoms with Gasteiger partial charge in [0.15, 0.2) is 6.23 Å². The van der Waals surface area contributed by atoms with E-state index in [9.17, 15) is 19.5 Å². The van der Waals surface area contributed by atoms with Gasteiger partial charge in [-0.1, -0.05) is 6.42 Å². The largest absolute Gasteiger partial charge is 0.370 e. The van der Waals surface area contributed by atoms with E-state index in [0.717, 1.165) is 12.8 Å². The van der Waals surface area contributed by atoms with Crippen molar-refractivity contribution in [3.8, 4) is 0 Å². The summed E-state index contributed by atoms with van der Waals surface area (Å²) in [6, 6.07) is 0.683. The summed E-state index contributed by atoms with van der Waals surface area (Å²) in [4.78, 5) is 41.9. The highest BCUT2D eigenvalue weighted by Crippen LogP contribution is 2.21. The summed E-state index contributed by atoms with van der Waals surface area (Å²) in [6.45, 7) is 4.10. The number of carbonyl (C=O) groups is 3. The Labute approximate surface area is 135 Å². The van der Waals surface area contributed by atoms with Crippen molar-refractivity contribution in [3.05, 3.63) is 0 Å². The van der Waals surface area contributed by atoms with Gasteiger partial charge in [0.05, 0.1) is 6.54 Å². The Morgan fingerprint density at radius 3 is 2.48 bits per heavy atom. The molecule has 0 bridgehead atoms. The first-order valence-electron chi connectivity index (χ1n) is 8.12. The summed E-state index contributed by atoms with van der Waals surface area (Å²) < 4.78 is 0. The summed E-state index contributed by atoms with van der Waals surface area (Å²) in [6.07, 6.45) is 2.58. The lowest BCUT2D eigenvalue weighted by molar-refractivity contribution is -0.219. The highest BCUT2D eigenvalue weighted by molar-refractivity contribution is 5.84. The number of carbonyl (C=O) groups excluding carboxylic acids is 3. The second-order valence-corrected chi connectivity index (χ2v) is 6.28. The number of amides is 2. The highest BCUT2D eigenvalue weighted by Gasteiger charge is 2.33. The van der Waals surface area contributed by atoms with Gasteiger partial charge < -0.3 is 15.3 Å². The number of hydrogen-bond acceptors (Lipinski definition) is 6. The third kappa shape index (κ3) is 4.65. The van der Waals surface area contributed by atoms with Gasteiger partial charge in [-0.15, -0.1) is 5.06 Å². The number of nitrogens with zero attached hydrogens (tertiary/aromatic N) is 2. The molecule has 2 fully saturated rings. The van der Waals surface area contributed by atoms with E-state index >= 15 is 0 Å². The fourth-order valence-corrected chi connectivity index (χ4v) is 3.08. The minimum absolute atomic E-state index is 0.144. The Bertz CT molecular complexity index is 460. The predicted molar refractivity (Wildman–Crippen MR) is 80.7 cm³/mol. The van der Waals surface area contributed by atoms with Crippen LogP contribution in [0.25, 0.3) is 0 Å². The molecule has 2 rings (SSSR count). The Balaban J connectivity index is 1.73. The van der Waals surface area contributed by atoms with Crippen LogP contribution in [0.1, 0.15) is 46.0 Å². The van der Waals surface area contributed by atoms with Crippen LogP contribution in [0, 0.1) is 0 Å². The molecule has 0 aliphatic carbocycles. The molecule has 0 spiro atoms. The summed E-state index contributed by atoms with van der Waals surface area (Å²) in [5.41, 5.74) is 0. The van der Waals surface area contributed by atoms with Crippen molar-refractivity contribution in [3.63, 3.8) is 0 Å². The molecular weight excluding hydrogens is 302 g/mol. The van der Waals surface area contributed by atoms with Gasteiger partial charge in [0.25, 0.3) is 5.91 Å². The molecule has 0 aromatic heterocycles. The molecule has 23 heavy (non-hydrogen) atoms. The van der Waals surface area contributed by atoms with Gasteiger partial charge in [-0.3, -0.25) is 14.5 Å². The molecule has 2 N–H and O–H groups in total. The maximum absolute atomic E-state index is 12.0. The van der Waals surface area contributed by atoms with Gasteiger partial charge in [-0.25, -0.2) is 4.79 Å². The van der Waals surface area contributed by atoms with Crippen LogP contribution in [0.4, 0.5) is 0 Å². The lowest BCUT2D eigenvalue weighted by Gasteiger charge is -2.38. The molecule has 3 atom stereocenters. The fourth-order valence-electron chi connectivity index (χ4n) is 3.08. The van der Waals surface area contributed by atoms with E-state index in [1.807, 2.05) is 0 Å². The van der Waals surface area contributed by atoms with E-state index in [2.05, 4.69) is 24.1 Å². The quantitative estimate of drug-likeness (QED) is 0.723. The van der Waals surface area contributed by atoms with Gasteiger partial charge >= 0.3 is 5.97 Å². The van der Waals surface area contributed by atoms with E-state index in [-0.39, 0.29) is 31.8 Å². The zero-order valence-corrected chi connectivity index (χ0v) is 13.7. The standard InChI is InChI=1S/C15H25N3O5/c1-10-4-3-5-11(2)17(10)9-12(19)16-8-15(22)23-18-13(20)6-7-14(18)21/h10-11,13,20H,3-9H2,1-2H3,(H,16,19). The molecule has 3 unspecified atom stereocenters. The van der Waals surface area contributed by atoms with E-state index in [4.69, 9.17) is 4.84 Å². The minimum atomic E-state index is -1.10. The summed E-state index contributed by atoms with van der Waals surface area (Å²) in [7, 11) is 0. The zero-order chi connectivity index (χ0) is 17.0. The lowest BCUT2D eigenvalue weighted by atomic mass is 9.97. The smallest absolute Gasteiger partial charge is 0.351 e. The normalized spacial score (nSPS) is 28.7. The molecule has 8 nitrogen and oxygen atoms in total. The van der Waals surface area contributed by atoms with Crippen molar-refractivity contribution in [2.75, 3.05) is 13.1 Å². The summed E-state index contributed by atoms with van der Waals surface area (Å²) >= 11 is 0. The first kappa shape index (κ1) is 17.7. The van der Waals surface area contributed by atoms with Gasteiger partial charge in [0, 0.05) is 24.9 Å². The van der Waals surface area contributed by atoms with Crippen LogP contribution in [0.2, 0.25) is 0 Å². The molecule has 0 radical (unpaired) electrons. The maximum Gasteiger partial charge on any atom is 0.351 e. The summed E-state index contributed by atoms with van der Waals surface area (Å²) in [5.74, 6) is -1.46. The average molecular weight is 327 g/mol. The molecule has 8 heteroatoms. The van der Waals surface area contributed by atoms with Crippen LogP contribution < -0.4 is 5.32 Å². The highest BCUT2D eigenvalue weighted by atomic mass is 16.7. The molecule has 2 amide bonds. The number of rotatable bonds is 5. The average Bonchev–Trinajstić information content (AvgIpc) is 2.81. The van der Waals surface area contributed by atoms with Crippen molar-refractivity contribution in [2.45, 2.75) is 64.3 Å². The Morgan fingerprint density at radius 2 is 1.91 bits per heavy atom. The molecule has 0 aromatic rings. The van der Waals surface area contributed by atoms with E-state index in [1.165, 1.54) is 6.42 Å². The first-order chi connectivity index (χ1) is 10.9. The Morgan fingerprint density at radius 1 is 1.26 bits per heavy atom. The van der Waals surface area contributed by atoms with Gasteiger partial charge in [0.1, 0.15) is 6.54 Å². The van der Waals surface area contributed by atoms with Crippen LogP contribution in [0.3, 0.4) is 0 Å². The van der Waals surface area contributed by atoms with Crippen molar-refractivity contribution >= 4 is 17.8 Å². The van der Waals surface area contributed by atoms with E-state index in [1.54, 1.807) is 0 Å². The third-order valence-electron chi connectivity index (χ3n) is 4.47. The maximum atomic E-state index is 12.0. The number of hydroxylamine groups is 2. The monoisotopic (exact) mass is 327 g/mol. The van der Waals surface area contributed by atoms with Gasteiger partial charge in [0.2, 0.25) is 5.91 Å². The molecule has 2 saturated heterocycles. The van der Waals surface area contributed by atoms with Crippen molar-refractivity contribution in [1.82, 2.24) is 15.3 Å². The first-order valence-corrected chi connectivity index (χ1v) is 8.12. The predicted octanol–water partition coefficient (Wildman–Crippen LogP) is -0.235. The number of aliphatic hydroxyl groups excluding tert-OH is 1. The molecule has 2 aliphatic heterocycles. The molecular formula is C15H25N3O5. The van der Waals surface area contributed by atoms with Crippen LogP contribution in [-0.2, 0) is 19.2 Å². The van der Waals surface area contributed by atoms with Crippen molar-refractivity contribution in [2.24, 2.45) is 0 Å². The second kappa shape index (κ2) is 7.74. The summed E-state index contributed by atoms with van der Waals surface area (Å²) in [5, 5.41) is 12.7. The number of nitrogens with one attached hydrogen (secondary N) is 1. The van der Waals surface area contributed by atoms with E-state index in [0.29, 0.717) is 17.1 Å². The van der Waals surface area contributed by atoms with Crippen molar-refractivity contribution < 1.29 is 24.3 Å². The molecule has 2 aliphatic rings. The molecule has 0 saturated carbocycles. The molecule has 2 heterocycles. The zero-order valence-electron chi connectivity index (χ0n) is 13.7. The van der Waals surface area contributed by atoms with Crippen molar-refractivity contribution in [1.29, 1.82) is 0 Å². The number of aliphatic hydroxyl groups is 1. The van der Waals surface area contributed by atoms with Crippen LogP contribution in [-0.4, -0.2) is 64.3 Å². The van der Waals surface area contributed by atoms with Gasteiger partial charge in [-0.05, 0) is 26.7 Å². The number of hydrogen-bond donors (Lipinski definition) is 2. The Kier molecular flexibility index (Phi) is 5.95. The number of piperidine rings is 1. The fraction of sp³-hybridized carbons (Fsp3) is 0.800. The van der Waals surface area contributed by atoms with Crippen LogP contribution in [0.15, 0.2) is 0 Å². The van der Waals surface area contributed by atoms with E-state index < -0.39 is 18.1 Å². The lowest BCUT2D eigenvalue weighted by Crippen LogP contribution is -2.49. The Hall–Kier alpha value is -1.67. The van der Waals surface area contributed by atoms with Gasteiger partial charge in [-0.2, -0.15) is 0 Å².